The molecule has 2 aromatic heterocycles. The first-order chi connectivity index (χ1) is 15.0. The van der Waals surface area contributed by atoms with E-state index in [4.69, 9.17) is 0 Å². The zero-order valence-corrected chi connectivity index (χ0v) is 18.3. The Morgan fingerprint density at radius 1 is 1.03 bits per heavy atom. The fraction of sp³-hybridized carbons (Fsp3) is 0.636. The largest absolute Gasteiger partial charge is 0.351 e. The smallest absolute Gasteiger partial charge is 0.319 e. The van der Waals surface area contributed by atoms with Gasteiger partial charge in [0.05, 0.1) is 17.5 Å². The SMILES string of the molecule is CN(C)C(=O)N1CCC(C(=O)N2CCC[C@@H]3[C@H]2CCN3c2ncnc3[nH]ccc23)CC1. The number of amides is 3. The van der Waals surface area contributed by atoms with Crippen LogP contribution in [0.5, 0.6) is 0 Å². The third-order valence-corrected chi connectivity index (χ3v) is 7.19. The number of hydrogen-bond donors (Lipinski definition) is 1. The Balaban J connectivity index is 1.29. The first-order valence-corrected chi connectivity index (χ1v) is 11.4. The van der Waals surface area contributed by atoms with Crippen molar-refractivity contribution in [2.45, 2.75) is 44.2 Å². The van der Waals surface area contributed by atoms with Crippen molar-refractivity contribution in [3.05, 3.63) is 18.6 Å². The highest BCUT2D eigenvalue weighted by atomic mass is 16.2. The van der Waals surface area contributed by atoms with Gasteiger partial charge in [0, 0.05) is 52.4 Å². The number of rotatable bonds is 2. The molecular weight excluding hydrogens is 394 g/mol. The number of aromatic nitrogens is 3. The van der Waals surface area contributed by atoms with Crippen LogP contribution in [0.4, 0.5) is 10.6 Å². The van der Waals surface area contributed by atoms with E-state index in [1.807, 2.05) is 17.2 Å². The van der Waals surface area contributed by atoms with Gasteiger partial charge in [0.25, 0.3) is 0 Å². The lowest BCUT2D eigenvalue weighted by Crippen LogP contribution is -2.55. The van der Waals surface area contributed by atoms with Gasteiger partial charge in [-0.25, -0.2) is 14.8 Å². The quantitative estimate of drug-likeness (QED) is 0.794. The van der Waals surface area contributed by atoms with Crippen molar-refractivity contribution in [2.24, 2.45) is 5.92 Å². The highest BCUT2D eigenvalue weighted by molar-refractivity contribution is 5.88. The summed E-state index contributed by atoms with van der Waals surface area (Å²) in [6.45, 7) is 3.07. The molecule has 0 spiro atoms. The lowest BCUT2D eigenvalue weighted by Gasteiger charge is -2.43. The number of fused-ring (bicyclic) bond motifs is 2. The van der Waals surface area contributed by atoms with Gasteiger partial charge in [-0.1, -0.05) is 0 Å². The van der Waals surface area contributed by atoms with Crippen LogP contribution in [0.25, 0.3) is 11.0 Å². The summed E-state index contributed by atoms with van der Waals surface area (Å²) in [5, 5.41) is 1.05. The summed E-state index contributed by atoms with van der Waals surface area (Å²) < 4.78 is 0. The number of piperidine rings is 2. The number of carbonyl (C=O) groups excluding carboxylic acids is 2. The van der Waals surface area contributed by atoms with Crippen LogP contribution in [0, 0.1) is 5.92 Å². The second-order valence-electron chi connectivity index (χ2n) is 9.17. The molecule has 3 aliphatic rings. The Labute approximate surface area is 182 Å². The van der Waals surface area contributed by atoms with Gasteiger partial charge >= 0.3 is 6.03 Å². The van der Waals surface area contributed by atoms with Crippen LogP contribution in [0.2, 0.25) is 0 Å². The maximum absolute atomic E-state index is 13.5. The van der Waals surface area contributed by atoms with E-state index in [0.29, 0.717) is 19.1 Å². The molecule has 3 amide bonds. The molecule has 2 aromatic rings. The van der Waals surface area contributed by atoms with Gasteiger partial charge < -0.3 is 24.6 Å². The highest BCUT2D eigenvalue weighted by Crippen LogP contribution is 2.37. The van der Waals surface area contributed by atoms with E-state index in [-0.39, 0.29) is 23.9 Å². The Morgan fingerprint density at radius 2 is 1.84 bits per heavy atom. The summed E-state index contributed by atoms with van der Waals surface area (Å²) in [4.78, 5) is 45.8. The van der Waals surface area contributed by atoms with Crippen LogP contribution in [-0.2, 0) is 4.79 Å². The number of nitrogens with zero attached hydrogens (tertiary/aromatic N) is 6. The molecule has 3 fully saturated rings. The van der Waals surface area contributed by atoms with Crippen molar-refractivity contribution < 1.29 is 9.59 Å². The lowest BCUT2D eigenvalue weighted by molar-refractivity contribution is -0.140. The molecular formula is C22H31N7O2. The van der Waals surface area contributed by atoms with Crippen LogP contribution in [0.3, 0.4) is 0 Å². The molecule has 3 saturated heterocycles. The van der Waals surface area contributed by atoms with Crippen LogP contribution in [-0.4, -0.2) is 93.9 Å². The molecule has 166 valence electrons. The number of nitrogens with one attached hydrogen (secondary N) is 1. The third kappa shape index (κ3) is 3.49. The van der Waals surface area contributed by atoms with Crippen molar-refractivity contribution >= 4 is 28.8 Å². The van der Waals surface area contributed by atoms with E-state index in [1.165, 1.54) is 0 Å². The molecule has 0 bridgehead atoms. The predicted octanol–water partition coefficient (Wildman–Crippen LogP) is 1.92. The van der Waals surface area contributed by atoms with Crippen molar-refractivity contribution in [1.29, 1.82) is 0 Å². The lowest BCUT2D eigenvalue weighted by atomic mass is 9.91. The highest BCUT2D eigenvalue weighted by Gasteiger charge is 2.44. The van der Waals surface area contributed by atoms with Crippen LogP contribution >= 0.6 is 0 Å². The van der Waals surface area contributed by atoms with Gasteiger partial charge in [0.15, 0.2) is 0 Å². The summed E-state index contributed by atoms with van der Waals surface area (Å²) in [6, 6.07) is 2.62. The van der Waals surface area contributed by atoms with Gasteiger partial charge in [-0.05, 0) is 38.2 Å². The van der Waals surface area contributed by atoms with Gasteiger partial charge in [-0.3, -0.25) is 4.79 Å². The molecule has 0 saturated carbocycles. The van der Waals surface area contributed by atoms with Crippen molar-refractivity contribution in [2.75, 3.05) is 45.2 Å². The van der Waals surface area contributed by atoms with E-state index in [1.54, 1.807) is 25.3 Å². The van der Waals surface area contributed by atoms with Crippen LogP contribution in [0.1, 0.15) is 32.1 Å². The normalized spacial score (nSPS) is 24.5. The molecule has 5 rings (SSSR count). The van der Waals surface area contributed by atoms with E-state index in [9.17, 15) is 9.59 Å². The Morgan fingerprint density at radius 3 is 2.61 bits per heavy atom. The summed E-state index contributed by atoms with van der Waals surface area (Å²) in [5.41, 5.74) is 0.858. The summed E-state index contributed by atoms with van der Waals surface area (Å²) >= 11 is 0. The Kier molecular flexibility index (Phi) is 5.19. The number of hydrogen-bond acceptors (Lipinski definition) is 5. The first-order valence-electron chi connectivity index (χ1n) is 11.4. The van der Waals surface area contributed by atoms with Crippen LogP contribution < -0.4 is 4.90 Å². The average Bonchev–Trinajstić information content (AvgIpc) is 3.45. The molecule has 0 radical (unpaired) electrons. The number of urea groups is 1. The number of H-pyrrole nitrogens is 1. The number of anilines is 1. The van der Waals surface area contributed by atoms with Crippen molar-refractivity contribution in [1.82, 2.24) is 29.7 Å². The zero-order chi connectivity index (χ0) is 21.5. The minimum Gasteiger partial charge on any atom is -0.351 e. The molecule has 1 N–H and O–H groups in total. The van der Waals surface area contributed by atoms with Gasteiger partial charge in [-0.2, -0.15) is 0 Å². The molecule has 9 nitrogen and oxygen atoms in total. The van der Waals surface area contributed by atoms with E-state index in [0.717, 1.165) is 62.0 Å². The van der Waals surface area contributed by atoms with Gasteiger partial charge in [-0.15, -0.1) is 0 Å². The molecule has 0 aliphatic carbocycles. The second kappa shape index (κ2) is 8.01. The second-order valence-corrected chi connectivity index (χ2v) is 9.17. The van der Waals surface area contributed by atoms with Gasteiger partial charge in [0.2, 0.25) is 5.91 Å². The van der Waals surface area contributed by atoms with Crippen LogP contribution in [0.15, 0.2) is 18.6 Å². The molecule has 5 heterocycles. The van der Waals surface area contributed by atoms with Gasteiger partial charge in [0.1, 0.15) is 17.8 Å². The predicted molar refractivity (Wildman–Crippen MR) is 118 cm³/mol. The molecule has 0 unspecified atom stereocenters. The fourth-order valence-corrected chi connectivity index (χ4v) is 5.64. The minimum atomic E-state index is 0.0226. The number of carbonyl (C=O) groups is 2. The zero-order valence-electron chi connectivity index (χ0n) is 18.3. The summed E-state index contributed by atoms with van der Waals surface area (Å²) in [7, 11) is 3.55. The minimum absolute atomic E-state index is 0.0226. The molecule has 31 heavy (non-hydrogen) atoms. The number of aromatic amines is 1. The molecule has 3 aliphatic heterocycles. The standard InChI is InChI=1S/C22H31N7O2/c1-26(2)22(31)27-11-6-15(7-12-27)21(30)29-10-3-4-17-18(29)8-13-28(17)20-16-5-9-23-19(16)24-14-25-20/h5,9,14-15,17-18H,3-4,6-8,10-13H2,1-2H3,(H,23,24,25)/t17-,18-/m1/s1. The molecule has 0 aromatic carbocycles. The van der Waals surface area contributed by atoms with E-state index < -0.39 is 0 Å². The molecule has 9 heteroatoms. The van der Waals surface area contributed by atoms with Crippen molar-refractivity contribution in [3.8, 4) is 0 Å². The Hall–Kier alpha value is -2.84. The first kappa shape index (κ1) is 20.1. The monoisotopic (exact) mass is 425 g/mol. The number of likely N-dealkylation sites (tertiary alicyclic amines) is 2. The topological polar surface area (TPSA) is 88.7 Å². The van der Waals surface area contributed by atoms with E-state index >= 15 is 0 Å². The fourth-order valence-electron chi connectivity index (χ4n) is 5.64. The maximum atomic E-state index is 13.5. The summed E-state index contributed by atoms with van der Waals surface area (Å²) in [6.07, 6.45) is 8.11. The summed E-state index contributed by atoms with van der Waals surface area (Å²) in [5.74, 6) is 1.28. The Bertz CT molecular complexity index is 966. The average molecular weight is 426 g/mol. The molecule has 2 atom stereocenters. The maximum Gasteiger partial charge on any atom is 0.319 e. The van der Waals surface area contributed by atoms with Crippen molar-refractivity contribution in [3.63, 3.8) is 0 Å². The third-order valence-electron chi connectivity index (χ3n) is 7.19. The van der Waals surface area contributed by atoms with E-state index in [2.05, 4.69) is 24.8 Å².